The van der Waals surface area contributed by atoms with Crippen LogP contribution in [0.2, 0.25) is 0 Å². The highest BCUT2D eigenvalue weighted by molar-refractivity contribution is 7.10. The maximum absolute atomic E-state index is 3.76. The van der Waals surface area contributed by atoms with Gasteiger partial charge < -0.3 is 5.32 Å². The predicted molar refractivity (Wildman–Crippen MR) is 90.4 cm³/mol. The summed E-state index contributed by atoms with van der Waals surface area (Å²) in [5.41, 5.74) is 1.48. The van der Waals surface area contributed by atoms with Crippen molar-refractivity contribution in [1.29, 1.82) is 0 Å². The molecule has 0 aromatic carbocycles. The van der Waals surface area contributed by atoms with E-state index in [0.717, 1.165) is 18.4 Å². The molecule has 0 radical (unpaired) electrons. The molecule has 0 bridgehead atoms. The largest absolute Gasteiger partial charge is 0.309 e. The van der Waals surface area contributed by atoms with Crippen LogP contribution in [0.3, 0.4) is 0 Å². The van der Waals surface area contributed by atoms with E-state index in [9.17, 15) is 0 Å². The first-order valence-corrected chi connectivity index (χ1v) is 9.41. The van der Waals surface area contributed by atoms with Gasteiger partial charge in [-0.25, -0.2) is 0 Å². The molecule has 2 rings (SSSR count). The van der Waals surface area contributed by atoms with Crippen molar-refractivity contribution >= 4 is 11.3 Å². The Morgan fingerprint density at radius 2 is 2.00 bits per heavy atom. The quantitative estimate of drug-likeness (QED) is 0.679. The van der Waals surface area contributed by atoms with Gasteiger partial charge in [-0.05, 0) is 55.2 Å². The average Bonchev–Trinajstić information content (AvgIpc) is 2.89. The molecule has 1 aromatic rings. The fraction of sp³-hybridized carbons (Fsp3) is 0.778. The maximum atomic E-state index is 3.76. The number of unbranched alkanes of at least 4 members (excludes halogenated alkanes) is 1. The van der Waals surface area contributed by atoms with Gasteiger partial charge in [0.25, 0.3) is 0 Å². The van der Waals surface area contributed by atoms with E-state index in [1.807, 2.05) is 11.3 Å². The molecule has 0 saturated heterocycles. The van der Waals surface area contributed by atoms with Gasteiger partial charge in [0.2, 0.25) is 0 Å². The van der Waals surface area contributed by atoms with Crippen LogP contribution in [0, 0.1) is 18.8 Å². The number of aryl methyl sites for hydroxylation is 1. The highest BCUT2D eigenvalue weighted by atomic mass is 32.1. The van der Waals surface area contributed by atoms with Gasteiger partial charge in [0.15, 0.2) is 0 Å². The third-order valence-corrected chi connectivity index (χ3v) is 6.04. The molecule has 20 heavy (non-hydrogen) atoms. The smallest absolute Gasteiger partial charge is 0.0446 e. The van der Waals surface area contributed by atoms with Gasteiger partial charge in [-0.2, -0.15) is 0 Å². The molecular formula is C18H31NS. The molecule has 1 heterocycles. The van der Waals surface area contributed by atoms with Crippen LogP contribution >= 0.6 is 11.3 Å². The topological polar surface area (TPSA) is 12.0 Å². The maximum Gasteiger partial charge on any atom is 0.0446 e. The van der Waals surface area contributed by atoms with E-state index in [-0.39, 0.29) is 0 Å². The summed E-state index contributed by atoms with van der Waals surface area (Å²) >= 11 is 1.94. The van der Waals surface area contributed by atoms with Crippen molar-refractivity contribution in [3.63, 3.8) is 0 Å². The Labute approximate surface area is 129 Å². The van der Waals surface area contributed by atoms with Crippen LogP contribution in [-0.4, -0.2) is 6.54 Å². The van der Waals surface area contributed by atoms with E-state index in [0.29, 0.717) is 6.04 Å². The van der Waals surface area contributed by atoms with Gasteiger partial charge in [0, 0.05) is 10.9 Å². The Morgan fingerprint density at radius 3 is 2.55 bits per heavy atom. The first kappa shape index (κ1) is 16.0. The lowest BCUT2D eigenvalue weighted by Gasteiger charge is -2.34. The Hall–Kier alpha value is -0.340. The Morgan fingerprint density at radius 1 is 1.25 bits per heavy atom. The summed E-state index contributed by atoms with van der Waals surface area (Å²) in [6.45, 7) is 7.90. The minimum atomic E-state index is 0.604. The van der Waals surface area contributed by atoms with Crippen LogP contribution in [-0.2, 0) is 0 Å². The van der Waals surface area contributed by atoms with Crippen LogP contribution in [0.15, 0.2) is 11.4 Å². The zero-order valence-electron chi connectivity index (χ0n) is 13.5. The summed E-state index contributed by atoms with van der Waals surface area (Å²) in [6.07, 6.45) is 10.00. The molecular weight excluding hydrogens is 262 g/mol. The van der Waals surface area contributed by atoms with Gasteiger partial charge in [0.05, 0.1) is 0 Å². The SMILES string of the molecule is CCCCC1CCC(C(NCC)c2sccc2C)CC1. The normalized spacial score (nSPS) is 24.8. The summed E-state index contributed by atoms with van der Waals surface area (Å²) in [4.78, 5) is 1.59. The van der Waals surface area contributed by atoms with Crippen molar-refractivity contribution < 1.29 is 0 Å². The minimum absolute atomic E-state index is 0.604. The lowest BCUT2D eigenvalue weighted by molar-refractivity contribution is 0.215. The summed E-state index contributed by atoms with van der Waals surface area (Å²) in [5.74, 6) is 1.86. The molecule has 0 aliphatic heterocycles. The third kappa shape index (κ3) is 4.08. The number of hydrogen-bond donors (Lipinski definition) is 1. The lowest BCUT2D eigenvalue weighted by Crippen LogP contribution is -2.30. The molecule has 1 aromatic heterocycles. The van der Waals surface area contributed by atoms with E-state index in [4.69, 9.17) is 0 Å². The second kappa shape index (κ2) is 8.19. The molecule has 0 amide bonds. The monoisotopic (exact) mass is 293 g/mol. The summed E-state index contributed by atoms with van der Waals surface area (Å²) in [6, 6.07) is 2.88. The lowest BCUT2D eigenvalue weighted by atomic mass is 9.76. The fourth-order valence-electron chi connectivity index (χ4n) is 3.70. The van der Waals surface area contributed by atoms with Crippen LogP contribution in [0.4, 0.5) is 0 Å². The van der Waals surface area contributed by atoms with Crippen LogP contribution in [0.1, 0.15) is 75.3 Å². The second-order valence-corrected chi connectivity index (χ2v) is 7.37. The number of thiophene rings is 1. The third-order valence-electron chi connectivity index (χ3n) is 4.94. The van der Waals surface area contributed by atoms with Crippen molar-refractivity contribution in [2.45, 2.75) is 71.8 Å². The molecule has 2 heteroatoms. The van der Waals surface area contributed by atoms with Crippen molar-refractivity contribution in [3.05, 3.63) is 21.9 Å². The molecule has 114 valence electrons. The summed E-state index contributed by atoms with van der Waals surface area (Å²) < 4.78 is 0. The molecule has 1 N–H and O–H groups in total. The molecule has 0 spiro atoms. The molecule has 1 aliphatic rings. The highest BCUT2D eigenvalue weighted by Gasteiger charge is 2.29. The predicted octanol–water partition coefficient (Wildman–Crippen LogP) is 5.70. The zero-order chi connectivity index (χ0) is 14.4. The number of hydrogen-bond acceptors (Lipinski definition) is 2. The van der Waals surface area contributed by atoms with Crippen LogP contribution in [0.5, 0.6) is 0 Å². The summed E-state index contributed by atoms with van der Waals surface area (Å²) in [5, 5.41) is 6.02. The van der Waals surface area contributed by atoms with Crippen molar-refractivity contribution in [2.75, 3.05) is 6.54 Å². The fourth-order valence-corrected chi connectivity index (χ4v) is 4.79. The first-order chi connectivity index (χ1) is 9.76. The minimum Gasteiger partial charge on any atom is -0.309 e. The zero-order valence-corrected chi connectivity index (χ0v) is 14.3. The van der Waals surface area contributed by atoms with Crippen LogP contribution < -0.4 is 5.32 Å². The van der Waals surface area contributed by atoms with E-state index >= 15 is 0 Å². The van der Waals surface area contributed by atoms with Gasteiger partial charge >= 0.3 is 0 Å². The first-order valence-electron chi connectivity index (χ1n) is 8.53. The standard InChI is InChI=1S/C18H31NS/c1-4-6-7-15-8-10-16(11-9-15)17(19-5-2)18-14(3)12-13-20-18/h12-13,15-17,19H,4-11H2,1-3H3. The van der Waals surface area contributed by atoms with E-state index in [1.54, 1.807) is 4.88 Å². The molecule has 1 unspecified atom stereocenters. The van der Waals surface area contributed by atoms with Gasteiger partial charge in [-0.1, -0.05) is 46.0 Å². The Kier molecular flexibility index (Phi) is 6.57. The molecule has 1 aliphatic carbocycles. The molecule has 1 saturated carbocycles. The number of rotatable bonds is 7. The van der Waals surface area contributed by atoms with E-state index in [2.05, 4.69) is 37.5 Å². The Balaban J connectivity index is 1.93. The van der Waals surface area contributed by atoms with Gasteiger partial charge in [-0.15, -0.1) is 11.3 Å². The molecule has 1 nitrogen and oxygen atoms in total. The molecule has 1 fully saturated rings. The molecule has 1 atom stereocenters. The van der Waals surface area contributed by atoms with Crippen molar-refractivity contribution in [3.8, 4) is 0 Å². The van der Waals surface area contributed by atoms with E-state index in [1.165, 1.54) is 50.5 Å². The Bertz CT molecular complexity index is 377. The van der Waals surface area contributed by atoms with E-state index < -0.39 is 0 Å². The number of nitrogens with one attached hydrogen (secondary N) is 1. The van der Waals surface area contributed by atoms with Gasteiger partial charge in [0.1, 0.15) is 0 Å². The summed E-state index contributed by atoms with van der Waals surface area (Å²) in [7, 11) is 0. The second-order valence-electron chi connectivity index (χ2n) is 6.43. The average molecular weight is 294 g/mol. The van der Waals surface area contributed by atoms with Gasteiger partial charge in [-0.3, -0.25) is 0 Å². The van der Waals surface area contributed by atoms with Crippen molar-refractivity contribution in [1.82, 2.24) is 5.32 Å². The van der Waals surface area contributed by atoms with Crippen molar-refractivity contribution in [2.24, 2.45) is 11.8 Å². The van der Waals surface area contributed by atoms with Crippen LogP contribution in [0.25, 0.3) is 0 Å². The highest BCUT2D eigenvalue weighted by Crippen LogP contribution is 2.40.